The van der Waals surface area contributed by atoms with Gasteiger partial charge in [0.1, 0.15) is 11.8 Å². The predicted octanol–water partition coefficient (Wildman–Crippen LogP) is 4.05. The molecule has 0 aliphatic heterocycles. The van der Waals surface area contributed by atoms with Crippen LogP contribution in [0.15, 0.2) is 36.4 Å². The summed E-state index contributed by atoms with van der Waals surface area (Å²) in [7, 11) is 1.64. The highest BCUT2D eigenvalue weighted by molar-refractivity contribution is 5.90. The lowest BCUT2D eigenvalue weighted by molar-refractivity contribution is -0.148. The first kappa shape index (κ1) is 20.7. The lowest BCUT2D eigenvalue weighted by Crippen LogP contribution is -2.44. The molecule has 27 heavy (non-hydrogen) atoms. The summed E-state index contributed by atoms with van der Waals surface area (Å²) < 4.78 is 10.4. The van der Waals surface area contributed by atoms with Gasteiger partial charge in [-0.05, 0) is 54.7 Å². The molecule has 5 nitrogen and oxygen atoms in total. The average molecular weight is 371 g/mol. The molecule has 0 bridgehead atoms. The van der Waals surface area contributed by atoms with Crippen molar-refractivity contribution < 1.29 is 19.1 Å². The summed E-state index contributed by atoms with van der Waals surface area (Å²) in [5, 5.41) is 4.95. The van der Waals surface area contributed by atoms with Crippen molar-refractivity contribution in [3.05, 3.63) is 42.0 Å². The van der Waals surface area contributed by atoms with E-state index in [-0.39, 0.29) is 23.7 Å². The topological polar surface area (TPSA) is 64.6 Å². The van der Waals surface area contributed by atoms with E-state index in [0.29, 0.717) is 13.0 Å². The zero-order chi connectivity index (χ0) is 20.0. The minimum absolute atomic E-state index is 0.179. The third-order valence-corrected chi connectivity index (χ3v) is 4.56. The number of methoxy groups -OCH3 is 1. The van der Waals surface area contributed by atoms with Crippen LogP contribution in [-0.2, 0) is 14.3 Å². The summed E-state index contributed by atoms with van der Waals surface area (Å²) in [6.07, 6.45) is 0.550. The standard InChI is InChI=1S/C22H29NO4/c1-6-27-22(25)20(11-14(2)3)23-21(24)15(4)16-7-8-18-13-19(26-5)10-9-17(18)12-16/h7-10,12-15,20H,6,11H2,1-5H3,(H,23,24). The molecule has 1 N–H and O–H groups in total. The molecule has 5 heteroatoms. The molecule has 0 aliphatic carbocycles. The Balaban J connectivity index is 2.16. The lowest BCUT2D eigenvalue weighted by atomic mass is 9.96. The number of esters is 1. The zero-order valence-electron chi connectivity index (χ0n) is 16.7. The molecule has 0 saturated carbocycles. The van der Waals surface area contributed by atoms with E-state index >= 15 is 0 Å². The molecule has 0 spiro atoms. The van der Waals surface area contributed by atoms with Gasteiger partial charge in [0.2, 0.25) is 5.91 Å². The quantitative estimate of drug-likeness (QED) is 0.711. The Hall–Kier alpha value is -2.56. The maximum Gasteiger partial charge on any atom is 0.328 e. The molecule has 0 heterocycles. The molecule has 0 saturated heterocycles. The Morgan fingerprint density at radius 3 is 2.33 bits per heavy atom. The van der Waals surface area contributed by atoms with Crippen LogP contribution in [0.1, 0.15) is 45.6 Å². The molecular formula is C22H29NO4. The third-order valence-electron chi connectivity index (χ3n) is 4.56. The van der Waals surface area contributed by atoms with Gasteiger partial charge in [0, 0.05) is 0 Å². The molecule has 2 atom stereocenters. The number of carbonyl (C=O) groups excluding carboxylic acids is 2. The zero-order valence-corrected chi connectivity index (χ0v) is 16.7. The Morgan fingerprint density at radius 2 is 1.70 bits per heavy atom. The molecule has 146 valence electrons. The summed E-state index contributed by atoms with van der Waals surface area (Å²) in [6, 6.07) is 11.1. The van der Waals surface area contributed by atoms with Crippen LogP contribution in [0, 0.1) is 5.92 Å². The summed E-state index contributed by atoms with van der Waals surface area (Å²) in [6.45, 7) is 7.93. The molecule has 0 radical (unpaired) electrons. The van der Waals surface area contributed by atoms with Crippen LogP contribution in [0.3, 0.4) is 0 Å². The van der Waals surface area contributed by atoms with Crippen LogP contribution >= 0.6 is 0 Å². The SMILES string of the molecule is CCOC(=O)C(CC(C)C)NC(=O)C(C)c1ccc2cc(OC)ccc2c1. The first-order chi connectivity index (χ1) is 12.8. The Morgan fingerprint density at radius 1 is 1.04 bits per heavy atom. The Bertz CT molecular complexity index is 800. The van der Waals surface area contributed by atoms with Crippen molar-refractivity contribution in [2.45, 2.75) is 46.1 Å². The minimum atomic E-state index is -0.621. The normalized spacial score (nSPS) is 13.3. The molecule has 0 aromatic heterocycles. The van der Waals surface area contributed by atoms with Gasteiger partial charge in [0.05, 0.1) is 19.6 Å². The molecule has 0 aliphatic rings. The number of hydrogen-bond acceptors (Lipinski definition) is 4. The van der Waals surface area contributed by atoms with E-state index < -0.39 is 6.04 Å². The number of ether oxygens (including phenoxy) is 2. The van der Waals surface area contributed by atoms with Crippen LogP contribution in [0.2, 0.25) is 0 Å². The molecule has 2 aromatic carbocycles. The second-order valence-corrected chi connectivity index (χ2v) is 7.14. The highest BCUT2D eigenvalue weighted by Gasteiger charge is 2.26. The van der Waals surface area contributed by atoms with E-state index in [4.69, 9.17) is 9.47 Å². The van der Waals surface area contributed by atoms with Crippen molar-refractivity contribution in [1.82, 2.24) is 5.32 Å². The van der Waals surface area contributed by atoms with Gasteiger partial charge in [-0.15, -0.1) is 0 Å². The van der Waals surface area contributed by atoms with E-state index in [0.717, 1.165) is 22.1 Å². The molecule has 2 unspecified atom stereocenters. The van der Waals surface area contributed by atoms with Gasteiger partial charge in [-0.2, -0.15) is 0 Å². The van der Waals surface area contributed by atoms with E-state index in [2.05, 4.69) is 5.32 Å². The maximum absolute atomic E-state index is 12.7. The lowest BCUT2D eigenvalue weighted by Gasteiger charge is -2.21. The number of carbonyl (C=O) groups is 2. The summed E-state index contributed by atoms with van der Waals surface area (Å²) in [5.74, 6) is 0.136. The van der Waals surface area contributed by atoms with E-state index in [1.54, 1.807) is 14.0 Å². The van der Waals surface area contributed by atoms with Crippen LogP contribution in [0.5, 0.6) is 5.75 Å². The second kappa shape index (κ2) is 9.40. The number of rotatable bonds is 8. The van der Waals surface area contributed by atoms with Gasteiger partial charge >= 0.3 is 5.97 Å². The van der Waals surface area contributed by atoms with Crippen LogP contribution in [0.4, 0.5) is 0 Å². The van der Waals surface area contributed by atoms with Crippen LogP contribution in [-0.4, -0.2) is 31.6 Å². The molecule has 0 fully saturated rings. The summed E-state index contributed by atoms with van der Waals surface area (Å²) in [4.78, 5) is 24.9. The Kier molecular flexibility index (Phi) is 7.22. The smallest absolute Gasteiger partial charge is 0.328 e. The molecule has 2 aromatic rings. The average Bonchev–Trinajstić information content (AvgIpc) is 2.65. The van der Waals surface area contributed by atoms with Gasteiger partial charge in [-0.1, -0.05) is 38.1 Å². The fourth-order valence-corrected chi connectivity index (χ4v) is 3.02. The number of nitrogens with one attached hydrogen (secondary N) is 1. The van der Waals surface area contributed by atoms with Gasteiger partial charge in [-0.3, -0.25) is 4.79 Å². The van der Waals surface area contributed by atoms with Crippen molar-refractivity contribution in [3.8, 4) is 5.75 Å². The van der Waals surface area contributed by atoms with Crippen molar-refractivity contribution >= 4 is 22.6 Å². The first-order valence-corrected chi connectivity index (χ1v) is 9.40. The van der Waals surface area contributed by atoms with E-state index in [1.165, 1.54) is 0 Å². The molecular weight excluding hydrogens is 342 g/mol. The fourth-order valence-electron chi connectivity index (χ4n) is 3.02. The summed E-state index contributed by atoms with van der Waals surface area (Å²) in [5.41, 5.74) is 0.900. The van der Waals surface area contributed by atoms with Crippen molar-refractivity contribution in [2.24, 2.45) is 5.92 Å². The molecule has 2 rings (SSSR count). The summed E-state index contributed by atoms with van der Waals surface area (Å²) >= 11 is 0. The van der Waals surface area contributed by atoms with Crippen molar-refractivity contribution in [1.29, 1.82) is 0 Å². The van der Waals surface area contributed by atoms with Gasteiger partial charge in [-0.25, -0.2) is 4.79 Å². The monoisotopic (exact) mass is 371 g/mol. The second-order valence-electron chi connectivity index (χ2n) is 7.14. The fraction of sp³-hybridized carbons (Fsp3) is 0.455. The van der Waals surface area contributed by atoms with Gasteiger partial charge in [0.25, 0.3) is 0 Å². The first-order valence-electron chi connectivity index (χ1n) is 9.40. The largest absolute Gasteiger partial charge is 0.497 e. The highest BCUT2D eigenvalue weighted by Crippen LogP contribution is 2.25. The van der Waals surface area contributed by atoms with E-state index in [1.807, 2.05) is 57.2 Å². The predicted molar refractivity (Wildman–Crippen MR) is 107 cm³/mol. The molecule has 1 amide bonds. The number of hydrogen-bond donors (Lipinski definition) is 1. The van der Waals surface area contributed by atoms with Gasteiger partial charge < -0.3 is 14.8 Å². The number of benzene rings is 2. The van der Waals surface area contributed by atoms with Crippen molar-refractivity contribution in [2.75, 3.05) is 13.7 Å². The van der Waals surface area contributed by atoms with Gasteiger partial charge in [0.15, 0.2) is 0 Å². The van der Waals surface area contributed by atoms with Crippen molar-refractivity contribution in [3.63, 3.8) is 0 Å². The maximum atomic E-state index is 12.7. The number of amides is 1. The highest BCUT2D eigenvalue weighted by atomic mass is 16.5. The van der Waals surface area contributed by atoms with Crippen LogP contribution in [0.25, 0.3) is 10.8 Å². The minimum Gasteiger partial charge on any atom is -0.497 e. The number of fused-ring (bicyclic) bond motifs is 1. The van der Waals surface area contributed by atoms with Crippen LogP contribution < -0.4 is 10.1 Å². The Labute approximate surface area is 161 Å². The van der Waals surface area contributed by atoms with E-state index in [9.17, 15) is 9.59 Å². The third kappa shape index (κ3) is 5.46.